The molecule has 6 nitrogen and oxygen atoms in total. The van der Waals surface area contributed by atoms with E-state index in [9.17, 15) is 0 Å². The minimum atomic E-state index is 0.212. The third-order valence-electron chi connectivity index (χ3n) is 1.91. The summed E-state index contributed by atoms with van der Waals surface area (Å²) < 4.78 is 5.38. The summed E-state index contributed by atoms with van der Waals surface area (Å²) in [5.74, 6) is 1.75. The summed E-state index contributed by atoms with van der Waals surface area (Å²) in [7, 11) is 0. The zero-order chi connectivity index (χ0) is 11.1. The number of amidine groups is 1. The van der Waals surface area contributed by atoms with Gasteiger partial charge in [0.15, 0.2) is 0 Å². The highest BCUT2D eigenvalue weighted by molar-refractivity contribution is 5.79. The first kappa shape index (κ1) is 11.5. The van der Waals surface area contributed by atoms with Gasteiger partial charge in [0.1, 0.15) is 11.6 Å². The standard InChI is InChI=1S/C9H16N4O2/c1-2-7-5-12-9(15-7)6-11-4-3-8(10)13-14/h5,11,14H,2-4,6H2,1H3,(H2,10,13). The van der Waals surface area contributed by atoms with Crippen LogP contribution in [0.5, 0.6) is 0 Å². The summed E-state index contributed by atoms with van der Waals surface area (Å²) in [6, 6.07) is 0. The molecule has 0 aliphatic heterocycles. The van der Waals surface area contributed by atoms with E-state index in [1.165, 1.54) is 0 Å². The van der Waals surface area contributed by atoms with Crippen LogP contribution in [0.3, 0.4) is 0 Å². The highest BCUT2D eigenvalue weighted by Crippen LogP contribution is 2.03. The number of aromatic nitrogens is 1. The van der Waals surface area contributed by atoms with Gasteiger partial charge in [-0.3, -0.25) is 0 Å². The normalized spacial score (nSPS) is 11.9. The molecule has 0 fully saturated rings. The van der Waals surface area contributed by atoms with Crippen molar-refractivity contribution in [2.24, 2.45) is 10.9 Å². The van der Waals surface area contributed by atoms with Crippen molar-refractivity contribution in [3.63, 3.8) is 0 Å². The lowest BCUT2D eigenvalue weighted by atomic mass is 10.4. The Balaban J connectivity index is 2.20. The number of nitrogens with one attached hydrogen (secondary N) is 1. The van der Waals surface area contributed by atoms with Gasteiger partial charge in [-0.1, -0.05) is 12.1 Å². The molecule has 1 rings (SSSR count). The van der Waals surface area contributed by atoms with Crippen molar-refractivity contribution in [1.29, 1.82) is 0 Å². The molecule has 0 aliphatic rings. The van der Waals surface area contributed by atoms with E-state index in [-0.39, 0.29) is 5.84 Å². The van der Waals surface area contributed by atoms with Gasteiger partial charge in [0.25, 0.3) is 0 Å². The summed E-state index contributed by atoms with van der Waals surface area (Å²) in [4.78, 5) is 4.08. The highest BCUT2D eigenvalue weighted by Gasteiger charge is 2.01. The Hall–Kier alpha value is -1.56. The van der Waals surface area contributed by atoms with Crippen LogP contribution in [-0.2, 0) is 13.0 Å². The van der Waals surface area contributed by atoms with Crippen LogP contribution in [-0.4, -0.2) is 22.6 Å². The van der Waals surface area contributed by atoms with Gasteiger partial charge in [0.2, 0.25) is 5.89 Å². The van der Waals surface area contributed by atoms with Crippen LogP contribution < -0.4 is 11.1 Å². The molecule has 1 heterocycles. The molecule has 1 aromatic heterocycles. The van der Waals surface area contributed by atoms with Crippen molar-refractivity contribution in [2.75, 3.05) is 6.54 Å². The second-order valence-electron chi connectivity index (χ2n) is 3.09. The SMILES string of the molecule is CCc1cnc(CNCCC(N)=NO)o1. The molecule has 0 aromatic carbocycles. The monoisotopic (exact) mass is 212 g/mol. The number of nitrogens with zero attached hydrogens (tertiary/aromatic N) is 2. The molecule has 1 aromatic rings. The van der Waals surface area contributed by atoms with Gasteiger partial charge in [-0.15, -0.1) is 0 Å². The molecular weight excluding hydrogens is 196 g/mol. The average Bonchev–Trinajstić information content (AvgIpc) is 2.72. The second kappa shape index (κ2) is 6.02. The van der Waals surface area contributed by atoms with Crippen LogP contribution in [0.1, 0.15) is 25.0 Å². The van der Waals surface area contributed by atoms with E-state index in [1.54, 1.807) is 6.20 Å². The predicted molar refractivity (Wildman–Crippen MR) is 55.6 cm³/mol. The van der Waals surface area contributed by atoms with E-state index in [4.69, 9.17) is 15.4 Å². The zero-order valence-corrected chi connectivity index (χ0v) is 8.73. The lowest BCUT2D eigenvalue weighted by Gasteiger charge is -2.00. The highest BCUT2D eigenvalue weighted by atomic mass is 16.4. The van der Waals surface area contributed by atoms with E-state index in [1.807, 2.05) is 6.92 Å². The largest absolute Gasteiger partial charge is 0.444 e. The molecule has 0 bridgehead atoms. The predicted octanol–water partition coefficient (Wildman–Crippen LogP) is 0.463. The number of aryl methyl sites for hydroxylation is 1. The third kappa shape index (κ3) is 3.99. The van der Waals surface area contributed by atoms with Crippen molar-refractivity contribution in [3.05, 3.63) is 17.8 Å². The lowest BCUT2D eigenvalue weighted by Crippen LogP contribution is -2.22. The van der Waals surface area contributed by atoms with Gasteiger partial charge in [0, 0.05) is 19.4 Å². The first-order valence-corrected chi connectivity index (χ1v) is 4.87. The fraction of sp³-hybridized carbons (Fsp3) is 0.556. The minimum Gasteiger partial charge on any atom is -0.444 e. The lowest BCUT2D eigenvalue weighted by molar-refractivity contribution is 0.316. The van der Waals surface area contributed by atoms with Gasteiger partial charge in [0.05, 0.1) is 12.7 Å². The second-order valence-corrected chi connectivity index (χ2v) is 3.09. The number of rotatable bonds is 6. The van der Waals surface area contributed by atoms with Crippen molar-refractivity contribution in [1.82, 2.24) is 10.3 Å². The van der Waals surface area contributed by atoms with Crippen LogP contribution in [0.25, 0.3) is 0 Å². The Morgan fingerprint density at radius 3 is 3.13 bits per heavy atom. The first-order chi connectivity index (χ1) is 7.26. The fourth-order valence-corrected chi connectivity index (χ4v) is 1.05. The number of oxazole rings is 1. The van der Waals surface area contributed by atoms with Gasteiger partial charge in [-0.2, -0.15) is 0 Å². The smallest absolute Gasteiger partial charge is 0.208 e. The van der Waals surface area contributed by atoms with E-state index in [0.29, 0.717) is 25.4 Å². The summed E-state index contributed by atoms with van der Waals surface area (Å²) in [5.41, 5.74) is 5.30. The summed E-state index contributed by atoms with van der Waals surface area (Å²) >= 11 is 0. The molecule has 0 atom stereocenters. The molecule has 84 valence electrons. The first-order valence-electron chi connectivity index (χ1n) is 4.87. The molecule has 0 amide bonds. The van der Waals surface area contributed by atoms with Crippen LogP contribution in [0.4, 0.5) is 0 Å². The topological polar surface area (TPSA) is 96.7 Å². The average molecular weight is 212 g/mol. The zero-order valence-electron chi connectivity index (χ0n) is 8.73. The Kier molecular flexibility index (Phi) is 4.62. The maximum atomic E-state index is 8.29. The molecule has 0 saturated heterocycles. The van der Waals surface area contributed by atoms with E-state index >= 15 is 0 Å². The van der Waals surface area contributed by atoms with E-state index in [2.05, 4.69) is 15.5 Å². The summed E-state index contributed by atoms with van der Waals surface area (Å²) in [6.07, 6.45) is 3.06. The van der Waals surface area contributed by atoms with Crippen molar-refractivity contribution < 1.29 is 9.62 Å². The maximum Gasteiger partial charge on any atom is 0.208 e. The van der Waals surface area contributed by atoms with Crippen LogP contribution in [0.2, 0.25) is 0 Å². The van der Waals surface area contributed by atoms with Crippen LogP contribution >= 0.6 is 0 Å². The number of nitrogens with two attached hydrogens (primary N) is 1. The molecule has 0 radical (unpaired) electrons. The molecule has 0 unspecified atom stereocenters. The number of hydrogen-bond donors (Lipinski definition) is 3. The molecule has 0 spiro atoms. The maximum absolute atomic E-state index is 8.29. The van der Waals surface area contributed by atoms with Crippen molar-refractivity contribution in [3.8, 4) is 0 Å². The van der Waals surface area contributed by atoms with Crippen LogP contribution in [0, 0.1) is 0 Å². The van der Waals surface area contributed by atoms with E-state index in [0.717, 1.165) is 12.2 Å². The van der Waals surface area contributed by atoms with Gasteiger partial charge in [-0.05, 0) is 0 Å². The summed E-state index contributed by atoms with van der Waals surface area (Å²) in [5, 5.41) is 14.2. The molecule has 4 N–H and O–H groups in total. The third-order valence-corrected chi connectivity index (χ3v) is 1.91. The molecule has 0 aliphatic carbocycles. The van der Waals surface area contributed by atoms with E-state index < -0.39 is 0 Å². The van der Waals surface area contributed by atoms with Gasteiger partial charge in [-0.25, -0.2) is 4.98 Å². The number of oxime groups is 1. The Morgan fingerprint density at radius 2 is 2.53 bits per heavy atom. The Labute approximate surface area is 88.2 Å². The summed E-state index contributed by atoms with van der Waals surface area (Å²) in [6.45, 7) is 3.19. The minimum absolute atomic E-state index is 0.212. The Bertz CT molecular complexity index is 322. The van der Waals surface area contributed by atoms with Crippen molar-refractivity contribution >= 4 is 5.84 Å². The number of hydrogen-bond acceptors (Lipinski definition) is 5. The van der Waals surface area contributed by atoms with Gasteiger partial charge < -0.3 is 20.7 Å². The quantitative estimate of drug-likeness (QED) is 0.209. The molecular formula is C9H16N4O2. The molecule has 0 saturated carbocycles. The van der Waals surface area contributed by atoms with Crippen molar-refractivity contribution in [2.45, 2.75) is 26.3 Å². The van der Waals surface area contributed by atoms with Crippen LogP contribution in [0.15, 0.2) is 15.8 Å². The van der Waals surface area contributed by atoms with Gasteiger partial charge >= 0.3 is 0 Å². The molecule has 6 heteroatoms. The molecule has 15 heavy (non-hydrogen) atoms. The Morgan fingerprint density at radius 1 is 1.73 bits per heavy atom. The fourth-order valence-electron chi connectivity index (χ4n) is 1.05.